The minimum Gasteiger partial charge on any atom is -0.389 e. The fourth-order valence-electron chi connectivity index (χ4n) is 1.60. The van der Waals surface area contributed by atoms with E-state index >= 15 is 0 Å². The molecular formula is C12H20N2O2S. The van der Waals surface area contributed by atoms with Gasteiger partial charge < -0.3 is 15.7 Å². The summed E-state index contributed by atoms with van der Waals surface area (Å²) < 4.78 is 0. The number of rotatable bonds is 5. The first-order valence-corrected chi connectivity index (χ1v) is 6.53. The van der Waals surface area contributed by atoms with E-state index in [0.29, 0.717) is 13.1 Å². The average Bonchev–Trinajstić information content (AvgIpc) is 2.75. The minimum absolute atomic E-state index is 0.142. The van der Waals surface area contributed by atoms with E-state index in [4.69, 9.17) is 5.73 Å². The summed E-state index contributed by atoms with van der Waals surface area (Å²) in [6, 6.07) is 3.10. The summed E-state index contributed by atoms with van der Waals surface area (Å²) in [7, 11) is 0. The van der Waals surface area contributed by atoms with Gasteiger partial charge in [-0.05, 0) is 32.2 Å². The summed E-state index contributed by atoms with van der Waals surface area (Å²) in [5, 5.41) is 11.6. The molecule has 0 aliphatic rings. The van der Waals surface area contributed by atoms with Gasteiger partial charge in [0.25, 0.3) is 0 Å². The molecule has 17 heavy (non-hydrogen) atoms. The van der Waals surface area contributed by atoms with E-state index in [0.717, 1.165) is 4.88 Å². The summed E-state index contributed by atoms with van der Waals surface area (Å²) >= 11 is 1.47. The van der Waals surface area contributed by atoms with Crippen molar-refractivity contribution in [3.05, 3.63) is 22.4 Å². The van der Waals surface area contributed by atoms with Crippen molar-refractivity contribution in [2.24, 2.45) is 5.73 Å². The Labute approximate surface area is 106 Å². The van der Waals surface area contributed by atoms with Gasteiger partial charge in [0, 0.05) is 18.0 Å². The van der Waals surface area contributed by atoms with Crippen molar-refractivity contribution in [2.75, 3.05) is 13.1 Å². The molecule has 4 nitrogen and oxygen atoms in total. The van der Waals surface area contributed by atoms with E-state index < -0.39 is 11.6 Å². The molecular weight excluding hydrogens is 236 g/mol. The number of nitrogens with zero attached hydrogens (tertiary/aromatic N) is 1. The first kappa shape index (κ1) is 14.2. The van der Waals surface area contributed by atoms with Gasteiger partial charge in [-0.15, -0.1) is 11.3 Å². The van der Waals surface area contributed by atoms with Gasteiger partial charge in [-0.3, -0.25) is 4.79 Å². The molecule has 0 bridgehead atoms. The third-order valence-corrected chi connectivity index (χ3v) is 3.34. The first-order chi connectivity index (χ1) is 7.85. The molecule has 0 spiro atoms. The van der Waals surface area contributed by atoms with Gasteiger partial charge in [-0.25, -0.2) is 0 Å². The highest BCUT2D eigenvalue weighted by Gasteiger charge is 2.26. The lowest BCUT2D eigenvalue weighted by molar-refractivity contribution is -0.135. The maximum absolute atomic E-state index is 12.1. The van der Waals surface area contributed by atoms with E-state index in [2.05, 4.69) is 0 Å². The number of thiophene rings is 1. The van der Waals surface area contributed by atoms with Crippen molar-refractivity contribution >= 4 is 17.2 Å². The number of nitrogens with two attached hydrogens (primary N) is 1. The molecule has 1 amide bonds. The molecule has 1 aromatic rings. The molecule has 0 aromatic carbocycles. The molecule has 0 radical (unpaired) electrons. The van der Waals surface area contributed by atoms with E-state index in [1.165, 1.54) is 11.3 Å². The highest BCUT2D eigenvalue weighted by atomic mass is 32.1. The van der Waals surface area contributed by atoms with Gasteiger partial charge in [-0.1, -0.05) is 6.07 Å². The molecule has 3 N–H and O–H groups in total. The van der Waals surface area contributed by atoms with Crippen LogP contribution in [0.25, 0.3) is 0 Å². The normalized spacial score (nSPS) is 13.5. The minimum atomic E-state index is -0.902. The Morgan fingerprint density at radius 1 is 1.65 bits per heavy atom. The van der Waals surface area contributed by atoms with Crippen LogP contribution in [-0.2, 0) is 4.79 Å². The van der Waals surface area contributed by atoms with Crippen LogP contribution < -0.4 is 5.73 Å². The van der Waals surface area contributed by atoms with Crippen LogP contribution in [0.4, 0.5) is 0 Å². The number of carbonyl (C=O) groups excluding carboxylic acids is 1. The van der Waals surface area contributed by atoms with Crippen LogP contribution in [0.1, 0.15) is 31.7 Å². The van der Waals surface area contributed by atoms with Gasteiger partial charge in [0.15, 0.2) is 0 Å². The predicted molar refractivity (Wildman–Crippen MR) is 69.8 cm³/mol. The summed E-state index contributed by atoms with van der Waals surface area (Å²) in [6.45, 7) is 6.08. The maximum Gasteiger partial charge on any atom is 0.245 e. The number of hydrogen-bond donors (Lipinski definition) is 2. The number of amides is 1. The Hall–Kier alpha value is -0.910. The second kappa shape index (κ2) is 5.62. The lowest BCUT2D eigenvalue weighted by Crippen LogP contribution is -2.45. The first-order valence-electron chi connectivity index (χ1n) is 5.65. The van der Waals surface area contributed by atoms with Crippen molar-refractivity contribution in [1.82, 2.24) is 4.90 Å². The second-order valence-corrected chi connectivity index (χ2v) is 5.64. The van der Waals surface area contributed by atoms with E-state index in [1.54, 1.807) is 18.7 Å². The van der Waals surface area contributed by atoms with Crippen LogP contribution in [0, 0.1) is 0 Å². The third-order valence-electron chi connectivity index (χ3n) is 2.39. The van der Waals surface area contributed by atoms with Crippen LogP contribution in [0.5, 0.6) is 0 Å². The van der Waals surface area contributed by atoms with E-state index in [1.807, 2.05) is 24.4 Å². The summed E-state index contributed by atoms with van der Waals surface area (Å²) in [4.78, 5) is 14.6. The lowest BCUT2D eigenvalue weighted by atomic mass is 10.1. The van der Waals surface area contributed by atoms with E-state index in [9.17, 15) is 9.90 Å². The molecule has 1 atom stereocenters. The van der Waals surface area contributed by atoms with Crippen LogP contribution in [0.2, 0.25) is 0 Å². The molecule has 1 heterocycles. The third kappa shape index (κ3) is 4.11. The highest BCUT2D eigenvalue weighted by molar-refractivity contribution is 7.10. The standard InChI is InChI=1S/C12H20N2O2S/c1-4-14(8-12(2,3)16)11(15)10(13)9-6-5-7-17-9/h5-7,10,16H,4,8,13H2,1-3H3. The van der Waals surface area contributed by atoms with Crippen molar-refractivity contribution in [3.8, 4) is 0 Å². The topological polar surface area (TPSA) is 66.6 Å². The number of likely N-dealkylation sites (N-methyl/N-ethyl adjacent to an activating group) is 1. The zero-order valence-electron chi connectivity index (χ0n) is 10.5. The molecule has 0 aliphatic carbocycles. The smallest absolute Gasteiger partial charge is 0.245 e. The Kier molecular flexibility index (Phi) is 4.68. The fourth-order valence-corrected chi connectivity index (χ4v) is 2.32. The molecule has 1 unspecified atom stereocenters. The van der Waals surface area contributed by atoms with Crippen molar-refractivity contribution in [3.63, 3.8) is 0 Å². The molecule has 0 fully saturated rings. The monoisotopic (exact) mass is 256 g/mol. The quantitative estimate of drug-likeness (QED) is 0.836. The molecule has 0 saturated carbocycles. The van der Waals surface area contributed by atoms with Gasteiger partial charge in [0.1, 0.15) is 6.04 Å². The Morgan fingerprint density at radius 3 is 2.71 bits per heavy atom. The maximum atomic E-state index is 12.1. The molecule has 1 aromatic heterocycles. The van der Waals surface area contributed by atoms with Crippen molar-refractivity contribution < 1.29 is 9.90 Å². The highest BCUT2D eigenvalue weighted by Crippen LogP contribution is 2.19. The van der Waals surface area contributed by atoms with Gasteiger partial charge in [-0.2, -0.15) is 0 Å². The largest absolute Gasteiger partial charge is 0.389 e. The Morgan fingerprint density at radius 2 is 2.29 bits per heavy atom. The second-order valence-electron chi connectivity index (χ2n) is 4.66. The SMILES string of the molecule is CCN(CC(C)(C)O)C(=O)C(N)c1cccs1. The zero-order valence-corrected chi connectivity index (χ0v) is 11.3. The van der Waals surface area contributed by atoms with Crippen LogP contribution >= 0.6 is 11.3 Å². The Bertz CT molecular complexity index is 357. The zero-order chi connectivity index (χ0) is 13.1. The average molecular weight is 256 g/mol. The summed E-state index contributed by atoms with van der Waals surface area (Å²) in [5.41, 5.74) is 5.01. The van der Waals surface area contributed by atoms with Crippen LogP contribution in [0.15, 0.2) is 17.5 Å². The molecule has 5 heteroatoms. The molecule has 1 rings (SSSR count). The van der Waals surface area contributed by atoms with Crippen LogP contribution in [-0.4, -0.2) is 34.6 Å². The summed E-state index contributed by atoms with van der Waals surface area (Å²) in [6.07, 6.45) is 0. The fraction of sp³-hybridized carbons (Fsp3) is 0.583. The molecule has 0 saturated heterocycles. The number of aliphatic hydroxyl groups is 1. The van der Waals surface area contributed by atoms with Gasteiger partial charge in [0.2, 0.25) is 5.91 Å². The van der Waals surface area contributed by atoms with Gasteiger partial charge >= 0.3 is 0 Å². The Balaban J connectivity index is 2.73. The number of hydrogen-bond acceptors (Lipinski definition) is 4. The predicted octanol–water partition coefficient (Wildman–Crippen LogP) is 1.37. The van der Waals surface area contributed by atoms with Crippen molar-refractivity contribution in [1.29, 1.82) is 0 Å². The molecule has 96 valence electrons. The van der Waals surface area contributed by atoms with Crippen molar-refractivity contribution in [2.45, 2.75) is 32.4 Å². The number of carbonyl (C=O) groups is 1. The van der Waals surface area contributed by atoms with Gasteiger partial charge in [0.05, 0.1) is 5.60 Å². The molecule has 0 aliphatic heterocycles. The van der Waals surface area contributed by atoms with Crippen LogP contribution in [0.3, 0.4) is 0 Å². The summed E-state index contributed by atoms with van der Waals surface area (Å²) in [5.74, 6) is -0.142. The van der Waals surface area contributed by atoms with E-state index in [-0.39, 0.29) is 5.91 Å². The lowest BCUT2D eigenvalue weighted by Gasteiger charge is -2.29.